The number of aliphatic carboxylic acids is 1. The van der Waals surface area contributed by atoms with Gasteiger partial charge < -0.3 is 5.11 Å². The Kier molecular flexibility index (Phi) is 6.43. The fraction of sp³-hybridized carbons (Fsp3) is 0.381. The van der Waals surface area contributed by atoms with Gasteiger partial charge in [-0.3, -0.25) is 14.6 Å². The summed E-state index contributed by atoms with van der Waals surface area (Å²) in [7, 11) is 0. The predicted molar refractivity (Wildman–Crippen MR) is 110 cm³/mol. The van der Waals surface area contributed by atoms with Crippen LogP contribution < -0.4 is 0 Å². The maximum Gasteiger partial charge on any atom is 0.320 e. The first-order valence-electron chi connectivity index (χ1n) is 9.10. The number of nitrogens with zero attached hydrogens (tertiary/aromatic N) is 2. The topological polar surface area (TPSA) is 43.8 Å². The van der Waals surface area contributed by atoms with Gasteiger partial charge in [-0.2, -0.15) is 0 Å². The third-order valence-electron chi connectivity index (χ3n) is 5.32. The maximum absolute atomic E-state index is 11.3. The van der Waals surface area contributed by atoms with E-state index in [0.717, 1.165) is 24.2 Å². The second kappa shape index (κ2) is 8.61. The third kappa shape index (κ3) is 4.64. The molecule has 2 aromatic rings. The molecule has 0 saturated carbocycles. The molecular formula is C21H24Cl2N2O2. The van der Waals surface area contributed by atoms with Crippen LogP contribution in [-0.4, -0.2) is 52.6 Å². The van der Waals surface area contributed by atoms with Crippen LogP contribution in [0.1, 0.15) is 31.0 Å². The van der Waals surface area contributed by atoms with E-state index in [0.29, 0.717) is 16.6 Å². The summed E-state index contributed by atoms with van der Waals surface area (Å²) in [6, 6.07) is 15.7. The van der Waals surface area contributed by atoms with E-state index in [-0.39, 0.29) is 12.1 Å². The molecular weight excluding hydrogens is 383 g/mol. The minimum atomic E-state index is -0.775. The zero-order valence-corrected chi connectivity index (χ0v) is 17.0. The van der Waals surface area contributed by atoms with Gasteiger partial charge in [-0.05, 0) is 49.2 Å². The Morgan fingerprint density at radius 1 is 1.00 bits per heavy atom. The Balaban J connectivity index is 1.90. The number of hydrogen-bond donors (Lipinski definition) is 1. The molecule has 0 aromatic heterocycles. The van der Waals surface area contributed by atoms with Crippen LogP contribution in [0, 0.1) is 0 Å². The molecule has 0 amide bonds. The number of carboxylic acids is 1. The van der Waals surface area contributed by atoms with Crippen LogP contribution in [0.5, 0.6) is 0 Å². The van der Waals surface area contributed by atoms with Crippen LogP contribution in [0.15, 0.2) is 48.5 Å². The fourth-order valence-corrected chi connectivity index (χ4v) is 4.01. The van der Waals surface area contributed by atoms with Crippen LogP contribution in [0.2, 0.25) is 10.0 Å². The predicted octanol–water partition coefficient (Wildman–Crippen LogP) is 4.56. The average Bonchev–Trinajstić information content (AvgIpc) is 2.65. The number of carboxylic acid groups (broad SMARTS) is 1. The van der Waals surface area contributed by atoms with Crippen molar-refractivity contribution in [2.45, 2.75) is 32.0 Å². The van der Waals surface area contributed by atoms with E-state index in [1.54, 1.807) is 6.92 Å². The molecule has 1 fully saturated rings. The molecule has 144 valence electrons. The van der Waals surface area contributed by atoms with E-state index in [9.17, 15) is 9.90 Å². The van der Waals surface area contributed by atoms with Gasteiger partial charge in [0.2, 0.25) is 0 Å². The Hall–Kier alpha value is -1.59. The van der Waals surface area contributed by atoms with Crippen LogP contribution in [0.4, 0.5) is 0 Å². The van der Waals surface area contributed by atoms with E-state index in [4.69, 9.17) is 23.2 Å². The molecule has 1 aliphatic rings. The van der Waals surface area contributed by atoms with Crippen molar-refractivity contribution in [1.29, 1.82) is 0 Å². The first-order chi connectivity index (χ1) is 12.9. The smallest absolute Gasteiger partial charge is 0.320 e. The van der Waals surface area contributed by atoms with Gasteiger partial charge in [0.1, 0.15) is 6.04 Å². The van der Waals surface area contributed by atoms with Crippen LogP contribution in [0.3, 0.4) is 0 Å². The first-order valence-corrected chi connectivity index (χ1v) is 9.86. The molecule has 0 aliphatic carbocycles. The van der Waals surface area contributed by atoms with Crippen molar-refractivity contribution in [3.8, 4) is 0 Å². The van der Waals surface area contributed by atoms with Gasteiger partial charge >= 0.3 is 5.97 Å². The number of halogens is 2. The highest BCUT2D eigenvalue weighted by atomic mass is 35.5. The number of rotatable bonds is 5. The molecule has 1 N–H and O–H groups in total. The van der Waals surface area contributed by atoms with Gasteiger partial charge in [-0.15, -0.1) is 0 Å². The SMILES string of the molecule is C[C@@H](C(=O)O)N1CCN(C(c2ccc(Cl)cc2)c2ccc(Cl)cc2)[C@@H](C)C1. The van der Waals surface area contributed by atoms with Crippen molar-refractivity contribution in [3.05, 3.63) is 69.7 Å². The molecule has 0 radical (unpaired) electrons. The summed E-state index contributed by atoms with van der Waals surface area (Å²) >= 11 is 12.2. The highest BCUT2D eigenvalue weighted by Crippen LogP contribution is 2.33. The zero-order chi connectivity index (χ0) is 19.6. The summed E-state index contributed by atoms with van der Waals surface area (Å²) in [5, 5.41) is 10.7. The summed E-state index contributed by atoms with van der Waals surface area (Å²) in [6.45, 7) is 6.12. The monoisotopic (exact) mass is 406 g/mol. The normalized spacial score (nSPS) is 20.0. The van der Waals surface area contributed by atoms with Crippen LogP contribution in [0.25, 0.3) is 0 Å². The molecule has 27 heavy (non-hydrogen) atoms. The quantitative estimate of drug-likeness (QED) is 0.789. The van der Waals surface area contributed by atoms with E-state index in [2.05, 4.69) is 36.1 Å². The van der Waals surface area contributed by atoms with E-state index < -0.39 is 12.0 Å². The summed E-state index contributed by atoms with van der Waals surface area (Å²) in [5.74, 6) is -0.775. The van der Waals surface area contributed by atoms with Crippen LogP contribution in [-0.2, 0) is 4.79 Å². The second-order valence-electron chi connectivity index (χ2n) is 7.10. The maximum atomic E-state index is 11.3. The van der Waals surface area contributed by atoms with E-state index in [1.165, 1.54) is 0 Å². The van der Waals surface area contributed by atoms with Gasteiger partial charge in [0.25, 0.3) is 0 Å². The molecule has 2 atom stereocenters. The third-order valence-corrected chi connectivity index (χ3v) is 5.82. The lowest BCUT2D eigenvalue weighted by molar-refractivity contribution is -0.143. The molecule has 0 unspecified atom stereocenters. The molecule has 6 heteroatoms. The number of hydrogen-bond acceptors (Lipinski definition) is 3. The summed E-state index contributed by atoms with van der Waals surface area (Å²) in [4.78, 5) is 15.8. The highest BCUT2D eigenvalue weighted by Gasteiger charge is 2.34. The lowest BCUT2D eigenvalue weighted by atomic mass is 9.94. The lowest BCUT2D eigenvalue weighted by Gasteiger charge is -2.45. The lowest BCUT2D eigenvalue weighted by Crippen LogP contribution is -2.56. The van der Waals surface area contributed by atoms with Crippen molar-refractivity contribution < 1.29 is 9.90 Å². The fourth-order valence-electron chi connectivity index (χ4n) is 3.76. The van der Waals surface area contributed by atoms with Gasteiger partial charge in [-0.25, -0.2) is 0 Å². The van der Waals surface area contributed by atoms with Crippen molar-refractivity contribution in [2.75, 3.05) is 19.6 Å². The van der Waals surface area contributed by atoms with Gasteiger partial charge in [-0.1, -0.05) is 47.5 Å². The van der Waals surface area contributed by atoms with E-state index >= 15 is 0 Å². The largest absolute Gasteiger partial charge is 0.480 e. The zero-order valence-electron chi connectivity index (χ0n) is 15.5. The molecule has 3 rings (SSSR count). The Labute approximate surface area is 170 Å². The molecule has 1 aliphatic heterocycles. The minimum absolute atomic E-state index is 0.0665. The van der Waals surface area contributed by atoms with Crippen molar-refractivity contribution in [1.82, 2.24) is 9.80 Å². The Morgan fingerprint density at radius 3 is 1.89 bits per heavy atom. The van der Waals surface area contributed by atoms with Crippen molar-refractivity contribution >= 4 is 29.2 Å². The number of benzene rings is 2. The van der Waals surface area contributed by atoms with Gasteiger partial charge in [0.05, 0.1) is 6.04 Å². The van der Waals surface area contributed by atoms with Gasteiger partial charge in [0, 0.05) is 35.7 Å². The highest BCUT2D eigenvalue weighted by molar-refractivity contribution is 6.30. The van der Waals surface area contributed by atoms with E-state index in [1.807, 2.05) is 29.2 Å². The first kappa shape index (κ1) is 20.2. The second-order valence-corrected chi connectivity index (χ2v) is 7.97. The molecule has 1 saturated heterocycles. The van der Waals surface area contributed by atoms with Gasteiger partial charge in [0.15, 0.2) is 0 Å². The minimum Gasteiger partial charge on any atom is -0.480 e. The molecule has 0 spiro atoms. The van der Waals surface area contributed by atoms with Crippen molar-refractivity contribution in [3.63, 3.8) is 0 Å². The molecule has 0 bridgehead atoms. The van der Waals surface area contributed by atoms with Crippen molar-refractivity contribution in [2.24, 2.45) is 0 Å². The Bertz CT molecular complexity index is 734. The number of piperazine rings is 1. The Morgan fingerprint density at radius 2 is 1.48 bits per heavy atom. The molecule has 1 heterocycles. The summed E-state index contributed by atoms with van der Waals surface area (Å²) in [6.07, 6.45) is 0. The summed E-state index contributed by atoms with van der Waals surface area (Å²) in [5.41, 5.74) is 2.32. The molecule has 2 aromatic carbocycles. The standard InChI is InChI=1S/C21H24Cl2N2O2/c1-14-13-24(15(2)21(26)27)11-12-25(14)20(16-3-7-18(22)8-4-16)17-5-9-19(23)10-6-17/h3-10,14-15,20H,11-13H2,1-2H3,(H,26,27)/t14-,15-/m0/s1. The summed E-state index contributed by atoms with van der Waals surface area (Å²) < 4.78 is 0. The number of carbonyl (C=O) groups is 1. The average molecular weight is 407 g/mol. The molecule has 4 nitrogen and oxygen atoms in total. The van der Waals surface area contributed by atoms with Crippen LogP contribution >= 0.6 is 23.2 Å².